The minimum Gasteiger partial charge on any atom is -0.481 e. The van der Waals surface area contributed by atoms with Crippen molar-refractivity contribution in [3.8, 4) is 11.4 Å². The second-order valence-corrected chi connectivity index (χ2v) is 13.0. The van der Waals surface area contributed by atoms with Gasteiger partial charge in [-0.15, -0.1) is 0 Å². The van der Waals surface area contributed by atoms with Gasteiger partial charge in [0, 0.05) is 50.9 Å². The zero-order valence-electron chi connectivity index (χ0n) is 25.9. The second kappa shape index (κ2) is 12.8. The van der Waals surface area contributed by atoms with E-state index in [9.17, 15) is 24.3 Å². The van der Waals surface area contributed by atoms with E-state index in [1.807, 2.05) is 62.9 Å². The number of ether oxygens (including phenoxy) is 1. The largest absolute Gasteiger partial charge is 0.481 e. The first-order valence-electron chi connectivity index (χ1n) is 15.4. The lowest BCUT2D eigenvalue weighted by Crippen LogP contribution is -2.59. The maximum absolute atomic E-state index is 13.8. The molecule has 1 aliphatic carbocycles. The van der Waals surface area contributed by atoms with Gasteiger partial charge < -0.3 is 29.9 Å². The number of piperazine rings is 1. The number of nitrogens with one attached hydrogen (secondary N) is 1. The average Bonchev–Trinajstić information content (AvgIpc) is 3.53. The minimum atomic E-state index is -0.840. The second-order valence-electron chi connectivity index (χ2n) is 13.0. The number of carbonyl (C=O) groups is 4. The Bertz CT molecular complexity index is 1380. The summed E-state index contributed by atoms with van der Waals surface area (Å²) in [5.74, 6) is -0.727. The molecule has 0 radical (unpaired) electrons. The number of hydrogen-bond donors (Lipinski definition) is 2. The van der Waals surface area contributed by atoms with Crippen LogP contribution in [0, 0.1) is 23.2 Å². The van der Waals surface area contributed by atoms with Gasteiger partial charge in [-0.1, -0.05) is 64.4 Å². The zero-order chi connectivity index (χ0) is 31.6. The molecule has 0 spiro atoms. The van der Waals surface area contributed by atoms with Gasteiger partial charge in [0.05, 0.1) is 12.5 Å². The molecule has 3 amide bonds. The van der Waals surface area contributed by atoms with E-state index in [0.717, 1.165) is 18.4 Å². The van der Waals surface area contributed by atoms with Crippen LogP contribution in [0.5, 0.6) is 0 Å². The number of amides is 3. The van der Waals surface area contributed by atoms with Crippen LogP contribution in [-0.2, 0) is 14.3 Å². The topological polar surface area (TPSA) is 145 Å². The van der Waals surface area contributed by atoms with Crippen molar-refractivity contribution in [2.45, 2.75) is 46.6 Å². The van der Waals surface area contributed by atoms with E-state index in [2.05, 4.69) is 10.3 Å². The molecule has 4 atom stereocenters. The number of carboxylic acids is 1. The van der Waals surface area contributed by atoms with Gasteiger partial charge in [-0.05, 0) is 23.7 Å². The van der Waals surface area contributed by atoms with Crippen LogP contribution in [0.4, 0.5) is 10.6 Å². The molecule has 1 aromatic heterocycles. The summed E-state index contributed by atoms with van der Waals surface area (Å²) in [6, 6.07) is 10.1. The SMILES string of the molecule is CCCCOC(=O)N1CCN(C(=O)[C@@H](NC(=O)c2cc(N3C[C@@H]4C(C(=O)O)[C@@H]4C3)nc(-c3ccccc3)n2)C(C)(C)C)CC1. The van der Waals surface area contributed by atoms with Crippen molar-refractivity contribution in [1.29, 1.82) is 0 Å². The van der Waals surface area contributed by atoms with Crippen LogP contribution in [0.1, 0.15) is 51.0 Å². The predicted molar refractivity (Wildman–Crippen MR) is 163 cm³/mol. The Morgan fingerprint density at radius 3 is 2.23 bits per heavy atom. The number of hydrogen-bond acceptors (Lipinski definition) is 8. The van der Waals surface area contributed by atoms with Crippen LogP contribution in [0.2, 0.25) is 0 Å². The van der Waals surface area contributed by atoms with Gasteiger partial charge in [0.15, 0.2) is 5.82 Å². The third-order valence-electron chi connectivity index (χ3n) is 8.74. The third kappa shape index (κ3) is 6.79. The summed E-state index contributed by atoms with van der Waals surface area (Å²) < 4.78 is 5.32. The van der Waals surface area contributed by atoms with Gasteiger partial charge in [-0.2, -0.15) is 0 Å². The molecule has 2 aliphatic heterocycles. The Morgan fingerprint density at radius 1 is 1.00 bits per heavy atom. The number of fused-ring (bicyclic) bond motifs is 1. The monoisotopic (exact) mass is 606 g/mol. The fourth-order valence-corrected chi connectivity index (χ4v) is 6.05. The molecule has 1 saturated carbocycles. The quantitative estimate of drug-likeness (QED) is 0.411. The summed E-state index contributed by atoms with van der Waals surface area (Å²) in [5.41, 5.74) is 0.264. The van der Waals surface area contributed by atoms with Gasteiger partial charge in [-0.25, -0.2) is 14.8 Å². The van der Waals surface area contributed by atoms with Crippen molar-refractivity contribution in [2.75, 3.05) is 50.8 Å². The Hall–Kier alpha value is -4.22. The molecular formula is C32H42N6O6. The molecule has 5 rings (SSSR count). The summed E-state index contributed by atoms with van der Waals surface area (Å²) in [4.78, 5) is 66.1. The highest BCUT2D eigenvalue weighted by Crippen LogP contribution is 2.52. The van der Waals surface area contributed by atoms with Gasteiger partial charge in [0.25, 0.3) is 5.91 Å². The van der Waals surface area contributed by atoms with E-state index in [1.54, 1.807) is 15.9 Å². The van der Waals surface area contributed by atoms with Crippen LogP contribution in [0.15, 0.2) is 36.4 Å². The maximum Gasteiger partial charge on any atom is 0.409 e. The number of piperidine rings is 1. The Balaban J connectivity index is 1.31. The summed E-state index contributed by atoms with van der Waals surface area (Å²) >= 11 is 0. The summed E-state index contributed by atoms with van der Waals surface area (Å²) in [5, 5.41) is 12.4. The number of aromatic nitrogens is 2. The number of benzene rings is 1. The normalized spacial score (nSPS) is 21.8. The van der Waals surface area contributed by atoms with Crippen LogP contribution in [0.3, 0.4) is 0 Å². The summed E-state index contributed by atoms with van der Waals surface area (Å²) in [6.07, 6.45) is 1.38. The highest BCUT2D eigenvalue weighted by molar-refractivity contribution is 5.97. The summed E-state index contributed by atoms with van der Waals surface area (Å²) in [6.45, 7) is 10.6. The predicted octanol–water partition coefficient (Wildman–Crippen LogP) is 3.14. The lowest BCUT2D eigenvalue weighted by atomic mass is 9.85. The fraction of sp³-hybridized carbons (Fsp3) is 0.562. The van der Waals surface area contributed by atoms with E-state index < -0.39 is 23.3 Å². The molecule has 1 unspecified atom stereocenters. The van der Waals surface area contributed by atoms with Gasteiger partial charge in [0.2, 0.25) is 5.91 Å². The highest BCUT2D eigenvalue weighted by atomic mass is 16.6. The number of unbranched alkanes of at least 4 members (excludes halogenated alkanes) is 1. The van der Waals surface area contributed by atoms with Crippen LogP contribution >= 0.6 is 0 Å². The van der Waals surface area contributed by atoms with Crippen molar-refractivity contribution in [1.82, 2.24) is 25.1 Å². The Kier molecular flexibility index (Phi) is 9.07. The first-order valence-corrected chi connectivity index (χ1v) is 15.4. The molecule has 236 valence electrons. The molecule has 2 saturated heterocycles. The minimum absolute atomic E-state index is 0.0708. The molecule has 3 heterocycles. The van der Waals surface area contributed by atoms with Crippen molar-refractivity contribution in [3.05, 3.63) is 42.1 Å². The zero-order valence-corrected chi connectivity index (χ0v) is 25.9. The van der Waals surface area contributed by atoms with Crippen molar-refractivity contribution in [2.24, 2.45) is 23.2 Å². The fourth-order valence-electron chi connectivity index (χ4n) is 6.05. The molecule has 1 aromatic carbocycles. The van der Waals surface area contributed by atoms with Crippen LogP contribution in [-0.4, -0.2) is 101 Å². The van der Waals surface area contributed by atoms with E-state index in [4.69, 9.17) is 9.72 Å². The number of rotatable bonds is 9. The van der Waals surface area contributed by atoms with Gasteiger partial charge in [-0.3, -0.25) is 14.4 Å². The van der Waals surface area contributed by atoms with E-state index in [-0.39, 0.29) is 35.4 Å². The van der Waals surface area contributed by atoms with Crippen molar-refractivity contribution < 1.29 is 29.0 Å². The third-order valence-corrected chi connectivity index (χ3v) is 8.74. The Morgan fingerprint density at radius 2 is 1.64 bits per heavy atom. The van der Waals surface area contributed by atoms with E-state index in [1.165, 1.54) is 0 Å². The number of anilines is 1. The number of aliphatic carboxylic acids is 1. The van der Waals surface area contributed by atoms with Crippen molar-refractivity contribution >= 4 is 29.7 Å². The lowest BCUT2D eigenvalue weighted by molar-refractivity contribution is -0.139. The first kappa shape index (κ1) is 31.2. The number of nitrogens with zero attached hydrogens (tertiary/aromatic N) is 5. The maximum atomic E-state index is 13.8. The number of carbonyl (C=O) groups excluding carboxylic acids is 3. The highest BCUT2D eigenvalue weighted by Gasteiger charge is 2.60. The molecule has 12 heteroatoms. The molecule has 44 heavy (non-hydrogen) atoms. The Labute approximate surface area is 257 Å². The van der Waals surface area contributed by atoms with E-state index in [0.29, 0.717) is 57.5 Å². The summed E-state index contributed by atoms with van der Waals surface area (Å²) in [7, 11) is 0. The molecule has 12 nitrogen and oxygen atoms in total. The smallest absolute Gasteiger partial charge is 0.409 e. The number of carboxylic acid groups (broad SMARTS) is 1. The average molecular weight is 607 g/mol. The lowest BCUT2D eigenvalue weighted by Gasteiger charge is -2.39. The van der Waals surface area contributed by atoms with Gasteiger partial charge in [0.1, 0.15) is 17.6 Å². The molecule has 0 bridgehead atoms. The van der Waals surface area contributed by atoms with Crippen LogP contribution < -0.4 is 10.2 Å². The molecule has 2 N–H and O–H groups in total. The molecular weight excluding hydrogens is 564 g/mol. The standard InChI is InChI=1S/C32H42N6O6/c1-5-6-16-44-31(43)37-14-12-36(13-15-37)29(40)26(32(2,3)4)35-28(39)23-17-24(34-27(33-23)20-10-8-7-9-11-20)38-18-21-22(19-38)25(21)30(41)42/h7-11,17,21-22,25-26H,5-6,12-16,18-19H2,1-4H3,(H,35,39)(H,41,42)/t21-,22+,25?,26-/m1/s1. The molecule has 3 fully saturated rings. The van der Waals surface area contributed by atoms with Crippen LogP contribution in [0.25, 0.3) is 11.4 Å². The first-order chi connectivity index (χ1) is 21.0. The molecule has 2 aromatic rings. The van der Waals surface area contributed by atoms with Gasteiger partial charge >= 0.3 is 12.1 Å². The van der Waals surface area contributed by atoms with Crippen molar-refractivity contribution in [3.63, 3.8) is 0 Å². The molecule has 3 aliphatic rings. The van der Waals surface area contributed by atoms with E-state index >= 15 is 0 Å².